The van der Waals surface area contributed by atoms with Crippen LogP contribution in [0.25, 0.3) is 0 Å². The number of nitrogens with zero attached hydrogens (tertiary/aromatic N) is 2. The molecule has 0 aliphatic rings. The predicted molar refractivity (Wildman–Crippen MR) is 274 cm³/mol. The van der Waals surface area contributed by atoms with Gasteiger partial charge in [-0.25, -0.2) is 0 Å². The zero-order chi connectivity index (χ0) is 52.3. The molecule has 4 aromatic rings. The zero-order valence-electron chi connectivity index (χ0n) is 42.5. The number of rotatable bonds is 30. The van der Waals surface area contributed by atoms with Crippen molar-refractivity contribution < 1.29 is 62.0 Å². The van der Waals surface area contributed by atoms with E-state index in [0.29, 0.717) is 5.75 Å². The van der Waals surface area contributed by atoms with Crippen LogP contribution >= 0.6 is 11.8 Å². The lowest BCUT2D eigenvalue weighted by Crippen LogP contribution is -2.33. The van der Waals surface area contributed by atoms with Crippen molar-refractivity contribution in [3.05, 3.63) is 142 Å². The van der Waals surface area contributed by atoms with Crippen LogP contribution in [0, 0.1) is 27.7 Å². The first kappa shape index (κ1) is 58.1. The van der Waals surface area contributed by atoms with Crippen LogP contribution in [0.1, 0.15) is 76.6 Å². The minimum absolute atomic E-state index is 0.00169. The Kier molecular flexibility index (Phi) is 25.6. The van der Waals surface area contributed by atoms with Gasteiger partial charge in [0.15, 0.2) is 12.2 Å². The monoisotopic (exact) mass is 1010 g/mol. The minimum Gasteiger partial charge on any atom is -0.461 e. The fourth-order valence-electron chi connectivity index (χ4n) is 6.91. The summed E-state index contributed by atoms with van der Waals surface area (Å²) in [5, 5.41) is -0.229. The van der Waals surface area contributed by atoms with Crippen molar-refractivity contribution in [1.29, 1.82) is 0 Å². The number of thioether (sulfide) groups is 1. The van der Waals surface area contributed by atoms with Gasteiger partial charge in [0, 0.05) is 31.7 Å². The van der Waals surface area contributed by atoms with Crippen LogP contribution in [0.5, 0.6) is 0 Å². The second kappa shape index (κ2) is 31.7. The highest BCUT2D eigenvalue weighted by Crippen LogP contribution is 2.16. The van der Waals surface area contributed by atoms with E-state index >= 15 is 0 Å². The van der Waals surface area contributed by atoms with E-state index in [0.717, 1.165) is 69.2 Å². The van der Waals surface area contributed by atoms with Crippen LogP contribution < -0.4 is 0 Å². The standard InChI is InChI=1S/C56H70N2O13S/c1-40-12-20-44(21-13-40)32-52(61)66-36-48(37-67-53(62)33-45-22-14-41(2)15-23-45)70-50(59)10-7-29-58(56(65)72-31-9-28-57(5)6)30-8-11-51(60)71-49(38-68-54(63)34-46-24-16-42(3)17-25-46)39-69-55(64)35-47-26-18-43(4)19-27-47/h12-27,48-49H,7-11,28-39H2,1-6H3. The molecule has 0 saturated carbocycles. The van der Waals surface area contributed by atoms with E-state index in [9.17, 15) is 33.6 Å². The summed E-state index contributed by atoms with van der Waals surface area (Å²) in [7, 11) is 3.89. The lowest BCUT2D eigenvalue weighted by molar-refractivity contribution is -0.166. The molecule has 0 N–H and O–H groups in total. The average molecular weight is 1010 g/mol. The molecular weight excluding hydrogens is 941 g/mol. The van der Waals surface area contributed by atoms with Crippen LogP contribution in [-0.4, -0.2) is 129 Å². The van der Waals surface area contributed by atoms with Crippen molar-refractivity contribution in [2.24, 2.45) is 0 Å². The van der Waals surface area contributed by atoms with Crippen molar-refractivity contribution in [3.8, 4) is 0 Å². The van der Waals surface area contributed by atoms with Crippen LogP contribution in [0.4, 0.5) is 4.79 Å². The van der Waals surface area contributed by atoms with E-state index in [1.54, 1.807) is 4.90 Å². The number of benzene rings is 4. The lowest BCUT2D eigenvalue weighted by atomic mass is 10.1. The molecule has 4 rings (SSSR count). The summed E-state index contributed by atoms with van der Waals surface area (Å²) in [5.41, 5.74) is 7.17. The van der Waals surface area contributed by atoms with Gasteiger partial charge in [0.2, 0.25) is 0 Å². The number of hydrogen-bond donors (Lipinski definition) is 0. The molecule has 15 nitrogen and oxygen atoms in total. The third-order valence-corrected chi connectivity index (χ3v) is 12.0. The van der Waals surface area contributed by atoms with Crippen molar-refractivity contribution in [1.82, 2.24) is 9.80 Å². The summed E-state index contributed by atoms with van der Waals surface area (Å²) in [4.78, 5) is 94.8. The van der Waals surface area contributed by atoms with Gasteiger partial charge in [0.25, 0.3) is 5.24 Å². The Balaban J connectivity index is 1.33. The number of amides is 1. The van der Waals surface area contributed by atoms with E-state index in [1.165, 1.54) is 0 Å². The molecule has 4 aromatic carbocycles. The summed E-state index contributed by atoms with van der Waals surface area (Å²) in [5.74, 6) is -2.92. The average Bonchev–Trinajstić information content (AvgIpc) is 3.34. The maximum Gasteiger partial charge on any atom is 0.310 e. The van der Waals surface area contributed by atoms with Crippen molar-refractivity contribution in [2.45, 2.75) is 97.7 Å². The van der Waals surface area contributed by atoms with E-state index in [2.05, 4.69) is 0 Å². The highest BCUT2D eigenvalue weighted by atomic mass is 32.2. The maximum absolute atomic E-state index is 13.5. The number of esters is 6. The normalized spacial score (nSPS) is 11.0. The molecule has 0 bridgehead atoms. The zero-order valence-corrected chi connectivity index (χ0v) is 43.3. The summed E-state index contributed by atoms with van der Waals surface area (Å²) >= 11 is 1.14. The number of carbonyl (C=O) groups is 7. The Morgan fingerprint density at radius 2 is 0.708 bits per heavy atom. The van der Waals surface area contributed by atoms with Crippen LogP contribution in [0.2, 0.25) is 0 Å². The van der Waals surface area contributed by atoms with E-state index in [1.807, 2.05) is 144 Å². The molecule has 0 atom stereocenters. The van der Waals surface area contributed by atoms with E-state index in [4.69, 9.17) is 28.4 Å². The molecule has 388 valence electrons. The van der Waals surface area contributed by atoms with Gasteiger partial charge in [0.1, 0.15) is 26.4 Å². The summed E-state index contributed by atoms with van der Waals surface area (Å²) in [6.07, 6.45) is -1.26. The van der Waals surface area contributed by atoms with Gasteiger partial charge in [0.05, 0.1) is 25.7 Å². The van der Waals surface area contributed by atoms with Crippen molar-refractivity contribution >= 4 is 52.8 Å². The van der Waals surface area contributed by atoms with Gasteiger partial charge in [-0.15, -0.1) is 0 Å². The van der Waals surface area contributed by atoms with Crippen LogP contribution in [0.15, 0.2) is 97.1 Å². The SMILES string of the molecule is Cc1ccc(CC(=O)OCC(COC(=O)Cc2ccc(C)cc2)OC(=O)CCCN(CCCC(=O)OC(COC(=O)Cc2ccc(C)cc2)COC(=O)Cc2ccc(C)cc2)C(=O)SCCCN(C)C)cc1. The van der Waals surface area contributed by atoms with Gasteiger partial charge < -0.3 is 38.2 Å². The highest BCUT2D eigenvalue weighted by Gasteiger charge is 2.23. The number of aryl methyl sites for hydroxylation is 4. The van der Waals surface area contributed by atoms with E-state index < -0.39 is 48.0 Å². The smallest absolute Gasteiger partial charge is 0.310 e. The van der Waals surface area contributed by atoms with Crippen molar-refractivity contribution in [3.63, 3.8) is 0 Å². The number of carbonyl (C=O) groups excluding carboxylic acids is 7. The molecule has 0 aromatic heterocycles. The fourth-order valence-corrected chi connectivity index (χ4v) is 7.73. The first-order chi connectivity index (χ1) is 34.5. The summed E-state index contributed by atoms with van der Waals surface area (Å²) in [6.45, 7) is 7.48. The summed E-state index contributed by atoms with van der Waals surface area (Å²) < 4.78 is 33.3. The van der Waals surface area contributed by atoms with Crippen molar-refractivity contribution in [2.75, 3.05) is 65.9 Å². The molecule has 72 heavy (non-hydrogen) atoms. The molecule has 0 radical (unpaired) electrons. The molecule has 0 unspecified atom stereocenters. The fraction of sp³-hybridized carbons (Fsp3) is 0.446. The van der Waals surface area contributed by atoms with Gasteiger partial charge in [-0.05, 0) is 89.9 Å². The number of ether oxygens (including phenoxy) is 6. The molecule has 0 aliphatic heterocycles. The summed E-state index contributed by atoms with van der Waals surface area (Å²) in [6, 6.07) is 29.7. The van der Waals surface area contributed by atoms with Gasteiger partial charge >= 0.3 is 35.8 Å². The van der Waals surface area contributed by atoms with Gasteiger partial charge in [-0.3, -0.25) is 33.6 Å². The second-order valence-corrected chi connectivity index (χ2v) is 19.1. The largest absolute Gasteiger partial charge is 0.461 e. The predicted octanol–water partition coefficient (Wildman–Crippen LogP) is 7.85. The van der Waals surface area contributed by atoms with Crippen LogP contribution in [0.3, 0.4) is 0 Å². The first-order valence-electron chi connectivity index (χ1n) is 24.3. The van der Waals surface area contributed by atoms with Gasteiger partial charge in [-0.2, -0.15) is 0 Å². The first-order valence-corrected chi connectivity index (χ1v) is 25.3. The quantitative estimate of drug-likeness (QED) is 0.0280. The molecule has 0 aliphatic carbocycles. The maximum atomic E-state index is 13.5. The third kappa shape index (κ3) is 24.5. The van der Waals surface area contributed by atoms with Crippen LogP contribution in [-0.2, 0) is 82.9 Å². The lowest BCUT2D eigenvalue weighted by Gasteiger charge is -2.23. The molecule has 0 heterocycles. The third-order valence-electron chi connectivity index (χ3n) is 11.0. The Morgan fingerprint density at radius 3 is 0.986 bits per heavy atom. The Labute approximate surface area is 428 Å². The Morgan fingerprint density at radius 1 is 0.417 bits per heavy atom. The number of hydrogen-bond acceptors (Lipinski definition) is 15. The van der Waals surface area contributed by atoms with Gasteiger partial charge in [-0.1, -0.05) is 131 Å². The molecule has 1 amide bonds. The Bertz CT molecular complexity index is 2060. The van der Waals surface area contributed by atoms with E-state index in [-0.39, 0.29) is 96.1 Å². The molecule has 0 saturated heterocycles. The Hall–Kier alpha value is -6.52. The highest BCUT2D eigenvalue weighted by molar-refractivity contribution is 8.13. The molecule has 16 heteroatoms. The topological polar surface area (TPSA) is 181 Å². The molecule has 0 fully saturated rings. The minimum atomic E-state index is -1.09. The second-order valence-electron chi connectivity index (χ2n) is 18.1. The molecular formula is C56H70N2O13S. The molecule has 0 spiro atoms.